The number of H-pyrrole nitrogens is 1. The van der Waals surface area contributed by atoms with Gasteiger partial charge in [-0.05, 0) is 19.9 Å². The van der Waals surface area contributed by atoms with Crippen LogP contribution in [0.3, 0.4) is 0 Å². The number of carbonyl (C=O) groups is 2. The normalized spacial score (nSPS) is 10.4. The standard InChI is InChI=1S/C16H15N5O3/c1-9-14(10(2)24-21-9)16(23)20-19-15(22)13-8-12(17-18-13)11-6-4-3-5-7-11/h3-8H,1-2H3,(H,17,18)(H,19,22)(H,20,23). The zero-order valence-electron chi connectivity index (χ0n) is 13.1. The predicted molar refractivity (Wildman–Crippen MR) is 84.9 cm³/mol. The average Bonchev–Trinajstić information content (AvgIpc) is 3.20. The molecule has 24 heavy (non-hydrogen) atoms. The third-order valence-corrected chi connectivity index (χ3v) is 3.44. The molecule has 3 rings (SSSR count). The van der Waals surface area contributed by atoms with Gasteiger partial charge in [0.05, 0.1) is 11.4 Å². The first-order valence-electron chi connectivity index (χ1n) is 7.20. The lowest BCUT2D eigenvalue weighted by molar-refractivity contribution is 0.0842. The average molecular weight is 325 g/mol. The Bertz CT molecular complexity index is 863. The highest BCUT2D eigenvalue weighted by atomic mass is 16.5. The molecule has 0 unspecified atom stereocenters. The fourth-order valence-corrected chi connectivity index (χ4v) is 2.25. The molecule has 0 aliphatic rings. The molecule has 1 aromatic carbocycles. The van der Waals surface area contributed by atoms with Crippen molar-refractivity contribution in [1.82, 2.24) is 26.2 Å². The van der Waals surface area contributed by atoms with Crippen molar-refractivity contribution < 1.29 is 14.1 Å². The number of amides is 2. The molecule has 0 saturated heterocycles. The van der Waals surface area contributed by atoms with E-state index in [1.165, 1.54) is 0 Å². The quantitative estimate of drug-likeness (QED) is 0.635. The van der Waals surface area contributed by atoms with Gasteiger partial charge in [-0.1, -0.05) is 35.5 Å². The number of rotatable bonds is 3. The van der Waals surface area contributed by atoms with Gasteiger partial charge in [0.2, 0.25) is 0 Å². The van der Waals surface area contributed by atoms with Crippen molar-refractivity contribution in [3.05, 3.63) is 59.1 Å². The highest BCUT2D eigenvalue weighted by Gasteiger charge is 2.18. The molecule has 0 atom stereocenters. The summed E-state index contributed by atoms with van der Waals surface area (Å²) in [5, 5.41) is 10.4. The number of hydrogen-bond donors (Lipinski definition) is 3. The van der Waals surface area contributed by atoms with E-state index in [1.54, 1.807) is 19.9 Å². The van der Waals surface area contributed by atoms with Gasteiger partial charge in [0.25, 0.3) is 11.8 Å². The van der Waals surface area contributed by atoms with Crippen LogP contribution in [0.5, 0.6) is 0 Å². The third-order valence-electron chi connectivity index (χ3n) is 3.44. The van der Waals surface area contributed by atoms with Crippen molar-refractivity contribution in [2.45, 2.75) is 13.8 Å². The number of benzene rings is 1. The second-order valence-electron chi connectivity index (χ2n) is 5.14. The lowest BCUT2D eigenvalue weighted by atomic mass is 10.1. The summed E-state index contributed by atoms with van der Waals surface area (Å²) in [6.45, 7) is 3.27. The van der Waals surface area contributed by atoms with Crippen LogP contribution in [0.25, 0.3) is 11.3 Å². The van der Waals surface area contributed by atoms with Gasteiger partial charge in [0.1, 0.15) is 17.0 Å². The number of aromatic nitrogens is 3. The summed E-state index contributed by atoms with van der Waals surface area (Å²) in [4.78, 5) is 24.2. The van der Waals surface area contributed by atoms with Crippen molar-refractivity contribution in [2.75, 3.05) is 0 Å². The van der Waals surface area contributed by atoms with Crippen LogP contribution in [-0.4, -0.2) is 27.2 Å². The first-order valence-corrected chi connectivity index (χ1v) is 7.20. The predicted octanol–water partition coefficient (Wildman–Crippen LogP) is 1.76. The topological polar surface area (TPSA) is 113 Å². The van der Waals surface area contributed by atoms with E-state index >= 15 is 0 Å². The summed E-state index contributed by atoms with van der Waals surface area (Å²) in [5.41, 5.74) is 7.15. The first kappa shape index (κ1) is 15.5. The van der Waals surface area contributed by atoms with Crippen LogP contribution in [0.1, 0.15) is 32.3 Å². The van der Waals surface area contributed by atoms with Gasteiger partial charge in [-0.3, -0.25) is 25.5 Å². The van der Waals surface area contributed by atoms with E-state index in [4.69, 9.17) is 4.52 Å². The minimum Gasteiger partial charge on any atom is -0.361 e. The van der Waals surface area contributed by atoms with Gasteiger partial charge < -0.3 is 4.52 Å². The van der Waals surface area contributed by atoms with E-state index in [9.17, 15) is 9.59 Å². The summed E-state index contributed by atoms with van der Waals surface area (Å²) >= 11 is 0. The van der Waals surface area contributed by atoms with Crippen molar-refractivity contribution >= 4 is 11.8 Å². The Balaban J connectivity index is 1.66. The van der Waals surface area contributed by atoms with Crippen LogP contribution in [0, 0.1) is 13.8 Å². The van der Waals surface area contributed by atoms with Crippen LogP contribution in [0.2, 0.25) is 0 Å². The molecule has 8 heteroatoms. The van der Waals surface area contributed by atoms with Crippen LogP contribution >= 0.6 is 0 Å². The maximum atomic E-state index is 12.1. The molecule has 0 bridgehead atoms. The minimum atomic E-state index is -0.509. The Hall–Kier alpha value is -3.42. The Labute approximate surface area is 137 Å². The molecule has 2 aromatic heterocycles. The molecule has 122 valence electrons. The summed E-state index contributed by atoms with van der Waals surface area (Å²) in [6, 6.07) is 11.0. The largest absolute Gasteiger partial charge is 0.361 e. The van der Waals surface area contributed by atoms with Gasteiger partial charge in [0, 0.05) is 5.56 Å². The van der Waals surface area contributed by atoms with E-state index in [-0.39, 0.29) is 5.69 Å². The smallest absolute Gasteiger partial charge is 0.287 e. The van der Waals surface area contributed by atoms with Gasteiger partial charge in [-0.25, -0.2) is 0 Å². The second-order valence-corrected chi connectivity index (χ2v) is 5.14. The van der Waals surface area contributed by atoms with Crippen molar-refractivity contribution in [2.24, 2.45) is 0 Å². The molecule has 0 fully saturated rings. The van der Waals surface area contributed by atoms with Crippen molar-refractivity contribution in [3.63, 3.8) is 0 Å². The monoisotopic (exact) mass is 325 g/mol. The molecule has 0 saturated carbocycles. The zero-order valence-corrected chi connectivity index (χ0v) is 13.1. The van der Waals surface area contributed by atoms with Crippen LogP contribution in [0.4, 0.5) is 0 Å². The molecule has 0 spiro atoms. The van der Waals surface area contributed by atoms with E-state index in [2.05, 4.69) is 26.2 Å². The SMILES string of the molecule is Cc1noc(C)c1C(=O)NNC(=O)c1cc(-c2ccccc2)n[nH]1. The Morgan fingerprint density at radius 3 is 2.46 bits per heavy atom. The molecular weight excluding hydrogens is 310 g/mol. The molecule has 3 aromatic rings. The molecule has 0 aliphatic heterocycles. The van der Waals surface area contributed by atoms with Gasteiger partial charge >= 0.3 is 0 Å². The molecule has 0 aliphatic carbocycles. The van der Waals surface area contributed by atoms with Crippen molar-refractivity contribution in [3.8, 4) is 11.3 Å². The molecule has 8 nitrogen and oxygen atoms in total. The third kappa shape index (κ3) is 3.02. The maximum absolute atomic E-state index is 12.1. The first-order chi connectivity index (χ1) is 11.6. The number of aromatic amines is 1. The maximum Gasteiger partial charge on any atom is 0.287 e. The van der Waals surface area contributed by atoms with Crippen molar-refractivity contribution in [1.29, 1.82) is 0 Å². The fraction of sp³-hybridized carbons (Fsp3) is 0.125. The number of hydrazine groups is 1. The van der Waals surface area contributed by atoms with Crippen LogP contribution in [0.15, 0.2) is 40.9 Å². The number of hydrogen-bond acceptors (Lipinski definition) is 5. The number of nitrogens with zero attached hydrogens (tertiary/aromatic N) is 2. The summed E-state index contributed by atoms with van der Waals surface area (Å²) in [5.74, 6) is -0.626. The number of carbonyl (C=O) groups excluding carboxylic acids is 2. The second kappa shape index (κ2) is 6.37. The van der Waals surface area contributed by atoms with E-state index in [0.717, 1.165) is 5.56 Å². The van der Waals surface area contributed by atoms with Gasteiger partial charge in [0.15, 0.2) is 0 Å². The molecule has 2 amide bonds. The lowest BCUT2D eigenvalue weighted by Gasteiger charge is -2.05. The minimum absolute atomic E-state index is 0.230. The summed E-state index contributed by atoms with van der Waals surface area (Å²) in [7, 11) is 0. The van der Waals surface area contributed by atoms with E-state index in [0.29, 0.717) is 22.7 Å². The number of aryl methyl sites for hydroxylation is 2. The fourth-order valence-electron chi connectivity index (χ4n) is 2.25. The van der Waals surface area contributed by atoms with Gasteiger partial charge in [-0.2, -0.15) is 5.10 Å². The molecular formula is C16H15N5O3. The van der Waals surface area contributed by atoms with Crippen LogP contribution in [-0.2, 0) is 0 Å². The highest BCUT2D eigenvalue weighted by Crippen LogP contribution is 2.16. The van der Waals surface area contributed by atoms with Gasteiger partial charge in [-0.15, -0.1) is 0 Å². The Morgan fingerprint density at radius 2 is 1.79 bits per heavy atom. The Morgan fingerprint density at radius 1 is 1.08 bits per heavy atom. The molecule has 0 radical (unpaired) electrons. The zero-order chi connectivity index (χ0) is 17.1. The number of nitrogens with one attached hydrogen (secondary N) is 3. The van der Waals surface area contributed by atoms with E-state index in [1.807, 2.05) is 30.3 Å². The van der Waals surface area contributed by atoms with Crippen LogP contribution < -0.4 is 10.9 Å². The lowest BCUT2D eigenvalue weighted by Crippen LogP contribution is -2.42. The summed E-state index contributed by atoms with van der Waals surface area (Å²) in [6.07, 6.45) is 0. The summed E-state index contributed by atoms with van der Waals surface area (Å²) < 4.78 is 4.92. The van der Waals surface area contributed by atoms with E-state index < -0.39 is 11.8 Å². The Kier molecular flexibility index (Phi) is 4.11. The highest BCUT2D eigenvalue weighted by molar-refractivity contribution is 5.99. The molecule has 3 N–H and O–H groups in total. The molecule has 2 heterocycles.